The van der Waals surface area contributed by atoms with Gasteiger partial charge in [-0.05, 0) is 50.6 Å². The van der Waals surface area contributed by atoms with Gasteiger partial charge in [-0.2, -0.15) is 0 Å². The Morgan fingerprint density at radius 1 is 1.03 bits per heavy atom. The lowest BCUT2D eigenvalue weighted by molar-refractivity contribution is -0.124. The van der Waals surface area contributed by atoms with Crippen LogP contribution < -0.4 is 15.5 Å². The Labute approximate surface area is 176 Å². The molecule has 7 heteroatoms. The minimum absolute atomic E-state index is 0.302. The van der Waals surface area contributed by atoms with Crippen molar-refractivity contribution in [3.8, 4) is 0 Å². The Hall–Kier alpha value is -2.57. The highest BCUT2D eigenvalue weighted by molar-refractivity contribution is 6.30. The first-order valence-electron chi connectivity index (χ1n) is 9.77. The van der Waals surface area contributed by atoms with Crippen LogP contribution in [0.15, 0.2) is 42.5 Å². The zero-order valence-corrected chi connectivity index (χ0v) is 17.8. The summed E-state index contributed by atoms with van der Waals surface area (Å²) in [7, 11) is 0. The molecule has 1 aliphatic heterocycles. The number of amides is 3. The van der Waals surface area contributed by atoms with Gasteiger partial charge in [-0.25, -0.2) is 4.79 Å². The molecule has 3 amide bonds. The predicted molar refractivity (Wildman–Crippen MR) is 118 cm³/mol. The molecule has 0 aliphatic carbocycles. The van der Waals surface area contributed by atoms with Crippen molar-refractivity contribution in [3.63, 3.8) is 0 Å². The number of carbonyl (C=O) groups excluding carboxylic acids is 2. The molecule has 0 saturated carbocycles. The Morgan fingerprint density at radius 3 is 2.41 bits per heavy atom. The van der Waals surface area contributed by atoms with E-state index in [2.05, 4.69) is 20.4 Å². The summed E-state index contributed by atoms with van der Waals surface area (Å²) in [4.78, 5) is 29.1. The number of carbonyl (C=O) groups is 2. The second-order valence-electron chi connectivity index (χ2n) is 7.44. The number of aryl methyl sites for hydroxylation is 2. The number of nitrogens with zero attached hydrogens (tertiary/aromatic N) is 2. The van der Waals surface area contributed by atoms with Gasteiger partial charge >= 0.3 is 6.03 Å². The molecule has 0 aromatic heterocycles. The molecule has 2 N–H and O–H groups in total. The second kappa shape index (κ2) is 9.29. The van der Waals surface area contributed by atoms with Gasteiger partial charge in [-0.1, -0.05) is 35.4 Å². The number of benzene rings is 2. The largest absolute Gasteiger partial charge is 0.369 e. The highest BCUT2D eigenvalue weighted by Crippen LogP contribution is 2.21. The van der Waals surface area contributed by atoms with E-state index < -0.39 is 6.03 Å². The molecule has 1 atom stereocenters. The molecule has 1 heterocycles. The van der Waals surface area contributed by atoms with Crippen molar-refractivity contribution in [2.24, 2.45) is 0 Å². The maximum absolute atomic E-state index is 12.5. The summed E-state index contributed by atoms with van der Waals surface area (Å²) in [5.41, 5.74) is 3.86. The van der Waals surface area contributed by atoms with Crippen LogP contribution in [0.3, 0.4) is 0 Å². The molecule has 0 bridgehead atoms. The van der Waals surface area contributed by atoms with Gasteiger partial charge in [0.15, 0.2) is 0 Å². The molecular weight excluding hydrogens is 388 g/mol. The zero-order chi connectivity index (χ0) is 21.0. The van der Waals surface area contributed by atoms with Gasteiger partial charge in [0.2, 0.25) is 5.91 Å². The third-order valence-electron chi connectivity index (χ3n) is 5.28. The average molecular weight is 415 g/mol. The van der Waals surface area contributed by atoms with Crippen LogP contribution in [-0.4, -0.2) is 49.1 Å². The first-order valence-corrected chi connectivity index (χ1v) is 10.1. The van der Waals surface area contributed by atoms with E-state index in [9.17, 15) is 9.59 Å². The van der Waals surface area contributed by atoms with Gasteiger partial charge in [0.1, 0.15) is 0 Å². The fourth-order valence-electron chi connectivity index (χ4n) is 3.53. The Kier molecular flexibility index (Phi) is 6.77. The number of hydrogen-bond donors (Lipinski definition) is 2. The number of nitrogens with one attached hydrogen (secondary N) is 2. The van der Waals surface area contributed by atoms with Crippen molar-refractivity contribution in [1.29, 1.82) is 0 Å². The van der Waals surface area contributed by atoms with Crippen LogP contribution in [0.5, 0.6) is 0 Å². The van der Waals surface area contributed by atoms with Crippen molar-refractivity contribution < 1.29 is 9.59 Å². The third kappa shape index (κ3) is 5.49. The highest BCUT2D eigenvalue weighted by Gasteiger charge is 2.26. The fraction of sp³-hybridized carbons (Fsp3) is 0.364. The van der Waals surface area contributed by atoms with Crippen LogP contribution in [0.1, 0.15) is 18.1 Å². The van der Waals surface area contributed by atoms with Crippen LogP contribution in [0.4, 0.5) is 16.2 Å². The molecule has 6 nitrogen and oxygen atoms in total. The maximum atomic E-state index is 12.5. The highest BCUT2D eigenvalue weighted by atomic mass is 35.5. The van der Waals surface area contributed by atoms with E-state index >= 15 is 0 Å². The van der Waals surface area contributed by atoms with E-state index in [1.807, 2.05) is 63.2 Å². The number of imide groups is 1. The van der Waals surface area contributed by atoms with Crippen LogP contribution in [0, 0.1) is 13.8 Å². The molecule has 1 unspecified atom stereocenters. The number of hydrogen-bond acceptors (Lipinski definition) is 4. The van der Waals surface area contributed by atoms with Crippen LogP contribution in [0.2, 0.25) is 5.02 Å². The maximum Gasteiger partial charge on any atom is 0.325 e. The van der Waals surface area contributed by atoms with Gasteiger partial charge in [0, 0.05) is 42.6 Å². The van der Waals surface area contributed by atoms with Gasteiger partial charge < -0.3 is 10.2 Å². The monoisotopic (exact) mass is 414 g/mol. The first-order chi connectivity index (χ1) is 13.8. The van der Waals surface area contributed by atoms with Gasteiger partial charge in [-0.15, -0.1) is 0 Å². The van der Waals surface area contributed by atoms with Crippen molar-refractivity contribution in [1.82, 2.24) is 10.2 Å². The molecule has 2 aromatic rings. The lowest BCUT2D eigenvalue weighted by atomic mass is 10.1. The predicted octanol–water partition coefficient (Wildman–Crippen LogP) is 3.82. The Balaban J connectivity index is 1.50. The second-order valence-corrected chi connectivity index (χ2v) is 7.88. The minimum Gasteiger partial charge on any atom is -0.369 e. The normalized spacial score (nSPS) is 15.7. The Bertz CT molecular complexity index is 894. The van der Waals surface area contributed by atoms with Crippen LogP contribution >= 0.6 is 11.6 Å². The average Bonchev–Trinajstić information content (AvgIpc) is 2.69. The quantitative estimate of drug-likeness (QED) is 0.798. The zero-order valence-electron chi connectivity index (χ0n) is 17.0. The van der Waals surface area contributed by atoms with Crippen LogP contribution in [-0.2, 0) is 4.79 Å². The standard InChI is InChI=1S/C22H27ClN4O2/c1-15-7-8-20(16(2)13-15)24-22(29)25-21(28)17(3)26-9-11-27(12-10-26)19-6-4-5-18(23)14-19/h4-8,13-14,17H,9-12H2,1-3H3,(H2,24,25,28,29). The van der Waals surface area contributed by atoms with E-state index in [0.717, 1.165) is 43.0 Å². The number of halogens is 1. The van der Waals surface area contributed by atoms with Gasteiger partial charge in [0.25, 0.3) is 0 Å². The van der Waals surface area contributed by atoms with E-state index in [1.54, 1.807) is 0 Å². The number of anilines is 2. The van der Waals surface area contributed by atoms with Crippen molar-refractivity contribution in [2.45, 2.75) is 26.8 Å². The van der Waals surface area contributed by atoms with E-state index in [-0.39, 0.29) is 11.9 Å². The molecule has 1 fully saturated rings. The van der Waals surface area contributed by atoms with E-state index in [1.165, 1.54) is 0 Å². The SMILES string of the molecule is Cc1ccc(NC(=O)NC(=O)C(C)N2CCN(c3cccc(Cl)c3)CC2)c(C)c1. The summed E-state index contributed by atoms with van der Waals surface area (Å²) in [5, 5.41) is 5.92. The first kappa shape index (κ1) is 21.1. The number of rotatable bonds is 4. The van der Waals surface area contributed by atoms with E-state index in [0.29, 0.717) is 10.7 Å². The molecule has 0 spiro atoms. The molecular formula is C22H27ClN4O2. The molecule has 29 heavy (non-hydrogen) atoms. The molecule has 1 saturated heterocycles. The van der Waals surface area contributed by atoms with Gasteiger partial charge in [-0.3, -0.25) is 15.0 Å². The van der Waals surface area contributed by atoms with Crippen molar-refractivity contribution in [2.75, 3.05) is 36.4 Å². The lowest BCUT2D eigenvalue weighted by Crippen LogP contribution is -2.55. The molecule has 0 radical (unpaired) electrons. The molecule has 154 valence electrons. The summed E-state index contributed by atoms with van der Waals surface area (Å²) in [6, 6.07) is 12.6. The molecule has 2 aromatic carbocycles. The van der Waals surface area contributed by atoms with E-state index in [4.69, 9.17) is 11.6 Å². The topological polar surface area (TPSA) is 64.7 Å². The van der Waals surface area contributed by atoms with Crippen molar-refractivity contribution in [3.05, 3.63) is 58.6 Å². The summed E-state index contributed by atoms with van der Waals surface area (Å²) in [6.45, 7) is 8.81. The summed E-state index contributed by atoms with van der Waals surface area (Å²) < 4.78 is 0. The smallest absolute Gasteiger partial charge is 0.325 e. The summed E-state index contributed by atoms with van der Waals surface area (Å²) >= 11 is 6.08. The molecule has 1 aliphatic rings. The number of urea groups is 1. The summed E-state index contributed by atoms with van der Waals surface area (Å²) in [6.07, 6.45) is 0. The third-order valence-corrected chi connectivity index (χ3v) is 5.52. The Morgan fingerprint density at radius 2 is 1.76 bits per heavy atom. The van der Waals surface area contributed by atoms with Crippen LogP contribution in [0.25, 0.3) is 0 Å². The molecule has 3 rings (SSSR count). The van der Waals surface area contributed by atoms with Gasteiger partial charge in [0.05, 0.1) is 6.04 Å². The van der Waals surface area contributed by atoms with Crippen molar-refractivity contribution >= 4 is 34.9 Å². The minimum atomic E-state index is -0.508. The number of piperazine rings is 1. The lowest BCUT2D eigenvalue weighted by Gasteiger charge is -2.38. The summed E-state index contributed by atoms with van der Waals surface area (Å²) in [5.74, 6) is -0.302. The fourth-order valence-corrected chi connectivity index (χ4v) is 3.71.